The molecule has 7 heteroatoms. The van der Waals surface area contributed by atoms with Crippen molar-refractivity contribution in [3.05, 3.63) is 48.2 Å². The Morgan fingerprint density at radius 3 is 2.92 bits per heavy atom. The maximum absolute atomic E-state index is 12.1. The quantitative estimate of drug-likeness (QED) is 0.788. The number of carbonyl (C=O) groups excluding carboxylic acids is 1. The Hall–Kier alpha value is -2.25. The number of amides is 2. The van der Waals surface area contributed by atoms with Crippen LogP contribution in [0, 0.1) is 0 Å². The summed E-state index contributed by atoms with van der Waals surface area (Å²) in [5, 5.41) is 5.76. The van der Waals surface area contributed by atoms with Gasteiger partial charge in [-0.25, -0.2) is 9.78 Å². The SMILES string of the molecule is CSc1ccccc1NC(=O)NCc1ccc(N2CCOC(C)C2)nc1. The highest BCUT2D eigenvalue weighted by Crippen LogP contribution is 2.24. The highest BCUT2D eigenvalue weighted by molar-refractivity contribution is 7.98. The van der Waals surface area contributed by atoms with E-state index in [1.165, 1.54) is 0 Å². The van der Waals surface area contributed by atoms with Gasteiger partial charge in [0.15, 0.2) is 0 Å². The van der Waals surface area contributed by atoms with Crippen molar-refractivity contribution in [2.75, 3.05) is 36.2 Å². The van der Waals surface area contributed by atoms with Crippen molar-refractivity contribution in [1.29, 1.82) is 0 Å². The molecule has 2 aromatic rings. The molecule has 1 aromatic carbocycles. The van der Waals surface area contributed by atoms with Crippen LogP contribution < -0.4 is 15.5 Å². The molecule has 26 heavy (non-hydrogen) atoms. The summed E-state index contributed by atoms with van der Waals surface area (Å²) in [5.41, 5.74) is 1.77. The molecule has 0 saturated carbocycles. The van der Waals surface area contributed by atoms with Crippen molar-refractivity contribution in [2.45, 2.75) is 24.5 Å². The number of aromatic nitrogens is 1. The first-order valence-corrected chi connectivity index (χ1v) is 9.87. The highest BCUT2D eigenvalue weighted by atomic mass is 32.2. The molecular formula is C19H24N4O2S. The summed E-state index contributed by atoms with van der Waals surface area (Å²) < 4.78 is 5.56. The number of nitrogens with zero attached hydrogens (tertiary/aromatic N) is 2. The normalized spacial score (nSPS) is 17.0. The van der Waals surface area contributed by atoms with Crippen molar-refractivity contribution < 1.29 is 9.53 Å². The number of benzene rings is 1. The van der Waals surface area contributed by atoms with Gasteiger partial charge in [0.05, 0.1) is 18.4 Å². The van der Waals surface area contributed by atoms with Gasteiger partial charge in [-0.3, -0.25) is 0 Å². The van der Waals surface area contributed by atoms with Crippen LogP contribution in [0.15, 0.2) is 47.5 Å². The summed E-state index contributed by atoms with van der Waals surface area (Å²) in [6, 6.07) is 11.5. The Bertz CT molecular complexity index is 739. The number of carbonyl (C=O) groups is 1. The average Bonchev–Trinajstić information content (AvgIpc) is 2.67. The van der Waals surface area contributed by atoms with Crippen LogP contribution >= 0.6 is 11.8 Å². The summed E-state index contributed by atoms with van der Waals surface area (Å²) in [6.07, 6.45) is 4.02. The summed E-state index contributed by atoms with van der Waals surface area (Å²) in [7, 11) is 0. The fraction of sp³-hybridized carbons (Fsp3) is 0.368. The third-order valence-corrected chi connectivity index (χ3v) is 4.98. The van der Waals surface area contributed by atoms with Gasteiger partial charge < -0.3 is 20.3 Å². The van der Waals surface area contributed by atoms with E-state index in [2.05, 4.69) is 27.4 Å². The van der Waals surface area contributed by atoms with Crippen molar-refractivity contribution in [3.63, 3.8) is 0 Å². The van der Waals surface area contributed by atoms with Gasteiger partial charge in [-0.15, -0.1) is 11.8 Å². The number of nitrogens with one attached hydrogen (secondary N) is 2. The zero-order valence-corrected chi connectivity index (χ0v) is 15.9. The summed E-state index contributed by atoms with van der Waals surface area (Å²) in [6.45, 7) is 4.93. The van der Waals surface area contributed by atoms with Crippen molar-refractivity contribution in [2.24, 2.45) is 0 Å². The number of thioether (sulfide) groups is 1. The van der Waals surface area contributed by atoms with Gasteiger partial charge in [0, 0.05) is 30.7 Å². The molecule has 1 unspecified atom stereocenters. The Balaban J connectivity index is 1.52. The van der Waals surface area contributed by atoms with Crippen LogP contribution in [0.25, 0.3) is 0 Å². The van der Waals surface area contributed by atoms with Gasteiger partial charge >= 0.3 is 6.03 Å². The number of para-hydroxylation sites is 1. The van der Waals surface area contributed by atoms with Gasteiger partial charge in [-0.2, -0.15) is 0 Å². The second-order valence-electron chi connectivity index (χ2n) is 6.16. The van der Waals surface area contributed by atoms with Gasteiger partial charge in [0.2, 0.25) is 0 Å². The molecule has 6 nitrogen and oxygen atoms in total. The minimum absolute atomic E-state index is 0.222. The van der Waals surface area contributed by atoms with E-state index in [1.807, 2.05) is 48.9 Å². The number of anilines is 2. The second kappa shape index (κ2) is 8.91. The van der Waals surface area contributed by atoms with Crippen LogP contribution in [0.3, 0.4) is 0 Å². The predicted molar refractivity (Wildman–Crippen MR) is 106 cm³/mol. The smallest absolute Gasteiger partial charge is 0.319 e. The first kappa shape index (κ1) is 18.5. The lowest BCUT2D eigenvalue weighted by Crippen LogP contribution is -2.41. The van der Waals surface area contributed by atoms with Gasteiger partial charge in [0.25, 0.3) is 0 Å². The molecule has 2 heterocycles. The third-order valence-electron chi connectivity index (χ3n) is 4.18. The molecule has 0 radical (unpaired) electrons. The standard InChI is InChI=1S/C19H24N4O2S/c1-14-13-23(9-10-25-14)18-8-7-15(11-20-18)12-21-19(24)22-16-5-3-4-6-17(16)26-2/h3-8,11,14H,9-10,12-13H2,1-2H3,(H2,21,22,24). The molecule has 1 aliphatic heterocycles. The minimum atomic E-state index is -0.224. The minimum Gasteiger partial charge on any atom is -0.375 e. The first-order chi connectivity index (χ1) is 12.7. The average molecular weight is 372 g/mol. The van der Waals surface area contributed by atoms with Gasteiger partial charge in [-0.05, 0) is 36.9 Å². The molecule has 1 aliphatic rings. The van der Waals surface area contributed by atoms with Crippen LogP contribution in [-0.2, 0) is 11.3 Å². The molecule has 3 rings (SSSR count). The first-order valence-electron chi connectivity index (χ1n) is 8.65. The van der Waals surface area contributed by atoms with E-state index in [-0.39, 0.29) is 12.1 Å². The molecule has 0 spiro atoms. The van der Waals surface area contributed by atoms with Crippen LogP contribution in [0.4, 0.5) is 16.3 Å². The summed E-state index contributed by atoms with van der Waals surface area (Å²) in [5.74, 6) is 0.947. The number of ether oxygens (including phenoxy) is 1. The van der Waals surface area contributed by atoms with Crippen LogP contribution in [-0.4, -0.2) is 43.1 Å². The van der Waals surface area contributed by atoms with Crippen LogP contribution in [0.2, 0.25) is 0 Å². The fourth-order valence-electron chi connectivity index (χ4n) is 2.83. The lowest BCUT2D eigenvalue weighted by molar-refractivity contribution is 0.0529. The second-order valence-corrected chi connectivity index (χ2v) is 7.01. The van der Waals surface area contributed by atoms with Gasteiger partial charge in [-0.1, -0.05) is 18.2 Å². The van der Waals surface area contributed by atoms with Crippen LogP contribution in [0.1, 0.15) is 12.5 Å². The number of hydrogen-bond acceptors (Lipinski definition) is 5. The van der Waals surface area contributed by atoms with E-state index in [0.29, 0.717) is 6.54 Å². The monoisotopic (exact) mass is 372 g/mol. The lowest BCUT2D eigenvalue weighted by atomic mass is 10.2. The van der Waals surface area contributed by atoms with E-state index in [1.54, 1.807) is 11.8 Å². The summed E-state index contributed by atoms with van der Waals surface area (Å²) in [4.78, 5) is 19.9. The van der Waals surface area contributed by atoms with E-state index < -0.39 is 0 Å². The molecule has 2 N–H and O–H groups in total. The third kappa shape index (κ3) is 4.89. The zero-order valence-electron chi connectivity index (χ0n) is 15.1. The lowest BCUT2D eigenvalue weighted by Gasteiger charge is -2.32. The predicted octanol–water partition coefficient (Wildman–Crippen LogP) is 3.35. The Kier molecular flexibility index (Phi) is 6.35. The highest BCUT2D eigenvalue weighted by Gasteiger charge is 2.17. The maximum atomic E-state index is 12.1. The van der Waals surface area contributed by atoms with E-state index in [0.717, 1.165) is 41.7 Å². The topological polar surface area (TPSA) is 66.5 Å². The van der Waals surface area contributed by atoms with Gasteiger partial charge in [0.1, 0.15) is 5.82 Å². The van der Waals surface area contributed by atoms with E-state index >= 15 is 0 Å². The molecule has 0 aliphatic carbocycles. The molecule has 1 aromatic heterocycles. The molecular weight excluding hydrogens is 348 g/mol. The number of rotatable bonds is 5. The Labute approximate surface area is 158 Å². The van der Waals surface area contributed by atoms with Crippen LogP contribution in [0.5, 0.6) is 0 Å². The zero-order chi connectivity index (χ0) is 18.4. The summed E-state index contributed by atoms with van der Waals surface area (Å²) >= 11 is 1.60. The Morgan fingerprint density at radius 1 is 1.35 bits per heavy atom. The molecule has 2 amide bonds. The Morgan fingerprint density at radius 2 is 2.19 bits per heavy atom. The van der Waals surface area contributed by atoms with Crippen molar-refractivity contribution in [1.82, 2.24) is 10.3 Å². The van der Waals surface area contributed by atoms with Crippen molar-refractivity contribution >= 4 is 29.3 Å². The molecule has 1 saturated heterocycles. The largest absolute Gasteiger partial charge is 0.375 e. The van der Waals surface area contributed by atoms with E-state index in [4.69, 9.17) is 4.74 Å². The molecule has 0 bridgehead atoms. The molecule has 1 atom stereocenters. The molecule has 1 fully saturated rings. The van der Waals surface area contributed by atoms with E-state index in [9.17, 15) is 4.79 Å². The number of urea groups is 1. The molecule has 138 valence electrons. The maximum Gasteiger partial charge on any atom is 0.319 e. The fourth-order valence-corrected chi connectivity index (χ4v) is 3.39. The number of morpholine rings is 1. The number of hydrogen-bond donors (Lipinski definition) is 2. The van der Waals surface area contributed by atoms with Crippen molar-refractivity contribution in [3.8, 4) is 0 Å². The number of pyridine rings is 1.